The third-order valence-corrected chi connectivity index (χ3v) is 4.08. The van der Waals surface area contributed by atoms with Gasteiger partial charge in [-0.1, -0.05) is 44.4 Å². The van der Waals surface area contributed by atoms with E-state index in [0.29, 0.717) is 0 Å². The first kappa shape index (κ1) is 16.1. The summed E-state index contributed by atoms with van der Waals surface area (Å²) in [4.78, 5) is 0. The van der Waals surface area contributed by atoms with Gasteiger partial charge in [-0.2, -0.15) is 0 Å². The Kier molecular flexibility index (Phi) is 5.50. The predicted molar refractivity (Wildman–Crippen MR) is 91.7 cm³/mol. The number of hydrogen-bond acceptors (Lipinski definition) is 1. The van der Waals surface area contributed by atoms with Crippen LogP contribution < -0.4 is 4.74 Å². The molecule has 0 amide bonds. The van der Waals surface area contributed by atoms with Crippen molar-refractivity contribution >= 4 is 5.57 Å². The van der Waals surface area contributed by atoms with Gasteiger partial charge in [0, 0.05) is 0 Å². The number of benzene rings is 1. The van der Waals surface area contributed by atoms with E-state index in [1.54, 1.807) is 5.57 Å². The maximum absolute atomic E-state index is 5.92. The average Bonchev–Trinajstić information content (AvgIpc) is 2.45. The van der Waals surface area contributed by atoms with Crippen molar-refractivity contribution in [2.75, 3.05) is 0 Å². The third-order valence-electron chi connectivity index (χ3n) is 4.08. The first-order valence-corrected chi connectivity index (χ1v) is 8.49. The van der Waals surface area contributed by atoms with Gasteiger partial charge in [0.05, 0.1) is 0 Å². The van der Waals surface area contributed by atoms with E-state index in [-0.39, 0.29) is 5.60 Å². The molecule has 0 radical (unpaired) electrons. The smallest absolute Gasteiger partial charge is 0.120 e. The zero-order chi connectivity index (χ0) is 15.3. The molecule has 116 valence electrons. The van der Waals surface area contributed by atoms with Gasteiger partial charge in [0.2, 0.25) is 0 Å². The Hall–Kier alpha value is -1.24. The zero-order valence-electron chi connectivity index (χ0n) is 14.1. The molecule has 1 nitrogen and oxygen atoms in total. The van der Waals surface area contributed by atoms with Gasteiger partial charge in [-0.05, 0) is 69.2 Å². The molecule has 1 fully saturated rings. The minimum Gasteiger partial charge on any atom is -0.488 e. The summed E-state index contributed by atoms with van der Waals surface area (Å²) in [6, 6.07) is 8.70. The standard InChI is InChI=1S/C20H30O/c1-5-9-19(16-10-7-6-8-11-16)17-12-14-18(15-13-17)21-20(2,3)4/h9,12-16H,5-8,10-11H2,1-4H3. The molecule has 0 saturated heterocycles. The molecule has 0 N–H and O–H groups in total. The van der Waals surface area contributed by atoms with Gasteiger partial charge in [-0.15, -0.1) is 0 Å². The summed E-state index contributed by atoms with van der Waals surface area (Å²) in [6.45, 7) is 8.50. The van der Waals surface area contributed by atoms with Crippen molar-refractivity contribution in [1.82, 2.24) is 0 Å². The maximum atomic E-state index is 5.92. The number of ether oxygens (including phenoxy) is 1. The van der Waals surface area contributed by atoms with Crippen molar-refractivity contribution < 1.29 is 4.74 Å². The minimum atomic E-state index is -0.132. The fraction of sp³-hybridized carbons (Fsp3) is 0.600. The van der Waals surface area contributed by atoms with Crippen LogP contribution in [0.15, 0.2) is 30.3 Å². The maximum Gasteiger partial charge on any atom is 0.120 e. The van der Waals surface area contributed by atoms with Gasteiger partial charge in [0.1, 0.15) is 11.4 Å². The summed E-state index contributed by atoms with van der Waals surface area (Å²) >= 11 is 0. The highest BCUT2D eigenvalue weighted by Crippen LogP contribution is 2.36. The topological polar surface area (TPSA) is 9.23 Å². The molecular formula is C20H30O. The van der Waals surface area contributed by atoms with Gasteiger partial charge in [-0.25, -0.2) is 0 Å². The Morgan fingerprint density at radius 3 is 2.24 bits per heavy atom. The van der Waals surface area contributed by atoms with Gasteiger partial charge < -0.3 is 4.74 Å². The highest BCUT2D eigenvalue weighted by atomic mass is 16.5. The molecule has 0 atom stereocenters. The Bertz CT molecular complexity index is 456. The summed E-state index contributed by atoms with van der Waals surface area (Å²) in [7, 11) is 0. The van der Waals surface area contributed by atoms with Gasteiger partial charge in [0.25, 0.3) is 0 Å². The van der Waals surface area contributed by atoms with E-state index in [1.165, 1.54) is 37.7 Å². The van der Waals surface area contributed by atoms with Crippen molar-refractivity contribution in [2.45, 2.75) is 71.8 Å². The van der Waals surface area contributed by atoms with E-state index in [1.807, 2.05) is 0 Å². The van der Waals surface area contributed by atoms with Crippen LogP contribution in [0.1, 0.15) is 71.8 Å². The van der Waals surface area contributed by atoms with Crippen molar-refractivity contribution in [3.05, 3.63) is 35.9 Å². The minimum absolute atomic E-state index is 0.132. The fourth-order valence-electron chi connectivity index (χ4n) is 3.22. The second kappa shape index (κ2) is 7.15. The molecule has 1 aliphatic rings. The Morgan fingerprint density at radius 1 is 1.10 bits per heavy atom. The lowest BCUT2D eigenvalue weighted by Crippen LogP contribution is -2.22. The average molecular weight is 286 g/mol. The summed E-state index contributed by atoms with van der Waals surface area (Å²) in [5.41, 5.74) is 2.80. The molecule has 2 rings (SSSR count). The second-order valence-corrected chi connectivity index (χ2v) is 7.14. The van der Waals surface area contributed by atoms with Crippen LogP contribution in [-0.4, -0.2) is 5.60 Å². The van der Waals surface area contributed by atoms with Crippen LogP contribution in [0.4, 0.5) is 0 Å². The molecule has 0 unspecified atom stereocenters. The predicted octanol–water partition coefficient (Wildman–Crippen LogP) is 6.24. The Balaban J connectivity index is 2.15. The van der Waals surface area contributed by atoms with Crippen LogP contribution in [-0.2, 0) is 0 Å². The molecule has 1 aromatic rings. The molecule has 0 spiro atoms. The van der Waals surface area contributed by atoms with Crippen LogP contribution >= 0.6 is 0 Å². The van der Waals surface area contributed by atoms with E-state index >= 15 is 0 Å². The molecule has 1 saturated carbocycles. The summed E-state index contributed by atoms with van der Waals surface area (Å²) < 4.78 is 5.92. The van der Waals surface area contributed by atoms with Crippen LogP contribution in [0.5, 0.6) is 5.75 Å². The summed E-state index contributed by atoms with van der Waals surface area (Å²) in [5.74, 6) is 1.72. The van der Waals surface area contributed by atoms with Gasteiger partial charge in [0.15, 0.2) is 0 Å². The molecular weight excluding hydrogens is 256 g/mol. The van der Waals surface area contributed by atoms with E-state index in [4.69, 9.17) is 4.74 Å². The van der Waals surface area contributed by atoms with Crippen molar-refractivity contribution in [3.8, 4) is 5.75 Å². The Labute approximate surface area is 130 Å². The molecule has 1 heteroatoms. The first-order chi connectivity index (χ1) is 9.99. The van der Waals surface area contributed by atoms with Crippen LogP contribution in [0, 0.1) is 5.92 Å². The van der Waals surface area contributed by atoms with E-state index < -0.39 is 0 Å². The van der Waals surface area contributed by atoms with Crippen LogP contribution in [0.3, 0.4) is 0 Å². The highest BCUT2D eigenvalue weighted by Gasteiger charge is 2.19. The largest absolute Gasteiger partial charge is 0.488 e. The van der Waals surface area contributed by atoms with Crippen molar-refractivity contribution in [1.29, 1.82) is 0 Å². The Morgan fingerprint density at radius 2 is 1.71 bits per heavy atom. The van der Waals surface area contributed by atoms with E-state index in [9.17, 15) is 0 Å². The zero-order valence-corrected chi connectivity index (χ0v) is 14.1. The normalized spacial score (nSPS) is 17.8. The molecule has 1 aliphatic carbocycles. The number of hydrogen-bond donors (Lipinski definition) is 0. The van der Waals surface area contributed by atoms with Crippen LogP contribution in [0.2, 0.25) is 0 Å². The van der Waals surface area contributed by atoms with E-state index in [2.05, 4.69) is 58.0 Å². The lowest BCUT2D eigenvalue weighted by atomic mass is 9.80. The quantitative estimate of drug-likeness (QED) is 0.636. The second-order valence-electron chi connectivity index (χ2n) is 7.14. The van der Waals surface area contributed by atoms with Gasteiger partial charge >= 0.3 is 0 Å². The van der Waals surface area contributed by atoms with Gasteiger partial charge in [-0.3, -0.25) is 0 Å². The number of rotatable bonds is 4. The fourth-order valence-corrected chi connectivity index (χ4v) is 3.22. The molecule has 0 aromatic heterocycles. The van der Waals surface area contributed by atoms with Crippen LogP contribution in [0.25, 0.3) is 5.57 Å². The molecule has 0 aliphatic heterocycles. The molecule has 21 heavy (non-hydrogen) atoms. The van der Waals surface area contributed by atoms with Crippen molar-refractivity contribution in [2.24, 2.45) is 5.92 Å². The van der Waals surface area contributed by atoms with E-state index in [0.717, 1.165) is 18.1 Å². The van der Waals surface area contributed by atoms with Crippen molar-refractivity contribution in [3.63, 3.8) is 0 Å². The first-order valence-electron chi connectivity index (χ1n) is 8.49. The lowest BCUT2D eigenvalue weighted by molar-refractivity contribution is 0.131. The summed E-state index contributed by atoms with van der Waals surface area (Å²) in [6.07, 6.45) is 10.4. The molecule has 0 bridgehead atoms. The highest BCUT2D eigenvalue weighted by molar-refractivity contribution is 5.68. The number of allylic oxidation sites excluding steroid dienone is 2. The molecule has 1 aromatic carbocycles. The lowest BCUT2D eigenvalue weighted by Gasteiger charge is -2.26. The SMILES string of the molecule is CCC=C(c1ccc(OC(C)(C)C)cc1)C1CCCCC1. The molecule has 0 heterocycles. The third kappa shape index (κ3) is 4.91. The monoisotopic (exact) mass is 286 g/mol. The summed E-state index contributed by atoms with van der Waals surface area (Å²) in [5, 5.41) is 0.